The zero-order valence-electron chi connectivity index (χ0n) is 19.0. The van der Waals surface area contributed by atoms with Gasteiger partial charge in [0.1, 0.15) is 15.7 Å². The van der Waals surface area contributed by atoms with E-state index in [2.05, 4.69) is 43.9 Å². The molecule has 7 heteroatoms. The Bertz CT molecular complexity index is 1050. The largest absolute Gasteiger partial charge is 0.497 e. The van der Waals surface area contributed by atoms with Gasteiger partial charge in [0.05, 0.1) is 18.8 Å². The van der Waals surface area contributed by atoms with Gasteiger partial charge in [0, 0.05) is 24.1 Å². The molecule has 0 radical (unpaired) electrons. The van der Waals surface area contributed by atoms with Gasteiger partial charge in [-0.2, -0.15) is 0 Å². The maximum absolute atomic E-state index is 13.6. The number of amides is 1. The van der Waals surface area contributed by atoms with Crippen LogP contribution >= 0.6 is 23.5 Å². The summed E-state index contributed by atoms with van der Waals surface area (Å²) in [7, 11) is 1.68. The summed E-state index contributed by atoms with van der Waals surface area (Å²) >= 11 is 3.17. The fourth-order valence-electron chi connectivity index (χ4n) is 3.79. The molecule has 0 saturated carbocycles. The van der Waals surface area contributed by atoms with Gasteiger partial charge >= 0.3 is 0 Å². The lowest BCUT2D eigenvalue weighted by atomic mass is 10.1. The van der Waals surface area contributed by atoms with E-state index in [1.165, 1.54) is 11.8 Å². The van der Waals surface area contributed by atoms with Gasteiger partial charge in [0.2, 0.25) is 0 Å². The Morgan fingerprint density at radius 3 is 2.53 bits per heavy atom. The van der Waals surface area contributed by atoms with Crippen molar-refractivity contribution in [2.45, 2.75) is 44.6 Å². The number of hydrogen-bond donors (Lipinski definition) is 0. The highest BCUT2D eigenvalue weighted by atomic mass is 32.2. The first kappa shape index (κ1) is 22.8. The first-order chi connectivity index (χ1) is 15.6. The zero-order valence-corrected chi connectivity index (χ0v) is 20.6. The molecule has 2 aromatic carbocycles. The molecule has 1 saturated heterocycles. The summed E-state index contributed by atoms with van der Waals surface area (Å²) in [5, 5.41) is 1.79. The standard InChI is InChI=1S/C25H29N3O2S2/c1-5-7-15-28-23(29)22(32-25(28)26-17(3)18-11-9-8-10-12-18)24-27(6-2)20-16-19(30-4)13-14-21(20)31-24/h8-14,16-17H,5-7,15H2,1-4H3/b24-22-,26-25?. The molecule has 4 rings (SSSR count). The molecule has 2 aliphatic rings. The molecular weight excluding hydrogens is 438 g/mol. The van der Waals surface area contributed by atoms with Crippen molar-refractivity contribution >= 4 is 40.3 Å². The van der Waals surface area contributed by atoms with Gasteiger partial charge in [-0.25, -0.2) is 0 Å². The molecule has 1 amide bonds. The van der Waals surface area contributed by atoms with Crippen molar-refractivity contribution in [1.29, 1.82) is 0 Å². The van der Waals surface area contributed by atoms with E-state index in [4.69, 9.17) is 9.73 Å². The molecule has 0 bridgehead atoms. The molecule has 168 valence electrons. The molecule has 32 heavy (non-hydrogen) atoms. The number of methoxy groups -OCH3 is 1. The molecule has 0 spiro atoms. The van der Waals surface area contributed by atoms with Crippen LogP contribution < -0.4 is 9.64 Å². The Morgan fingerprint density at radius 1 is 1.06 bits per heavy atom. The summed E-state index contributed by atoms with van der Waals surface area (Å²) in [4.78, 5) is 24.5. The summed E-state index contributed by atoms with van der Waals surface area (Å²) in [5.41, 5.74) is 2.24. The molecule has 5 nitrogen and oxygen atoms in total. The lowest BCUT2D eigenvalue weighted by Gasteiger charge is -2.19. The molecule has 2 aliphatic heterocycles. The maximum atomic E-state index is 13.6. The van der Waals surface area contributed by atoms with Crippen LogP contribution in [0.2, 0.25) is 0 Å². The van der Waals surface area contributed by atoms with Crippen LogP contribution in [0.5, 0.6) is 5.75 Å². The first-order valence-electron chi connectivity index (χ1n) is 11.1. The lowest BCUT2D eigenvalue weighted by molar-refractivity contribution is -0.122. The molecule has 1 atom stereocenters. The summed E-state index contributed by atoms with van der Waals surface area (Å²) in [6.07, 6.45) is 1.98. The Labute approximate surface area is 198 Å². The van der Waals surface area contributed by atoms with Gasteiger partial charge in [0.15, 0.2) is 5.17 Å². The third-order valence-corrected chi connectivity index (χ3v) is 8.00. The minimum Gasteiger partial charge on any atom is -0.497 e. The van der Waals surface area contributed by atoms with Crippen molar-refractivity contribution < 1.29 is 9.53 Å². The van der Waals surface area contributed by atoms with E-state index in [1.54, 1.807) is 18.9 Å². The predicted octanol–water partition coefficient (Wildman–Crippen LogP) is 6.29. The Hall–Kier alpha value is -2.38. The number of nitrogens with zero attached hydrogens (tertiary/aromatic N) is 3. The van der Waals surface area contributed by atoms with Crippen molar-refractivity contribution in [2.75, 3.05) is 25.1 Å². The average Bonchev–Trinajstić information content (AvgIpc) is 3.34. The second-order valence-corrected chi connectivity index (χ2v) is 9.73. The summed E-state index contributed by atoms with van der Waals surface area (Å²) in [6.45, 7) is 7.81. The molecule has 0 N–H and O–H groups in total. The number of ether oxygens (including phenoxy) is 1. The number of carbonyl (C=O) groups is 1. The third kappa shape index (κ3) is 4.41. The zero-order chi connectivity index (χ0) is 22.7. The number of hydrogen-bond acceptors (Lipinski definition) is 6. The van der Waals surface area contributed by atoms with Crippen LogP contribution in [0.3, 0.4) is 0 Å². The van der Waals surface area contributed by atoms with Crippen LogP contribution in [0.15, 0.2) is 68.4 Å². The van der Waals surface area contributed by atoms with Crippen LogP contribution in [-0.2, 0) is 4.79 Å². The fourth-order valence-corrected chi connectivity index (χ4v) is 6.25. The quantitative estimate of drug-likeness (QED) is 0.448. The fraction of sp³-hybridized carbons (Fsp3) is 0.360. The van der Waals surface area contributed by atoms with Gasteiger partial charge in [-0.1, -0.05) is 55.4 Å². The average molecular weight is 468 g/mol. The monoisotopic (exact) mass is 467 g/mol. The van der Waals surface area contributed by atoms with E-state index in [0.29, 0.717) is 6.54 Å². The Kier molecular flexibility index (Phi) is 7.16. The van der Waals surface area contributed by atoms with E-state index >= 15 is 0 Å². The van der Waals surface area contributed by atoms with Crippen LogP contribution in [0.25, 0.3) is 0 Å². The normalized spacial score (nSPS) is 20.2. The smallest absolute Gasteiger partial charge is 0.269 e. The molecular formula is C25H29N3O2S2. The minimum atomic E-state index is -0.0139. The number of amidine groups is 1. The third-order valence-electron chi connectivity index (χ3n) is 5.60. The van der Waals surface area contributed by atoms with E-state index in [9.17, 15) is 4.79 Å². The van der Waals surface area contributed by atoms with Gasteiger partial charge in [-0.3, -0.25) is 14.7 Å². The summed E-state index contributed by atoms with van der Waals surface area (Å²) in [5.74, 6) is 0.881. The number of benzene rings is 2. The Morgan fingerprint density at radius 2 is 1.84 bits per heavy atom. The number of carbonyl (C=O) groups excluding carboxylic acids is 1. The van der Waals surface area contributed by atoms with E-state index in [0.717, 1.165) is 56.4 Å². The lowest BCUT2D eigenvalue weighted by Crippen LogP contribution is -2.31. The van der Waals surface area contributed by atoms with Crippen LogP contribution in [0.1, 0.15) is 45.2 Å². The number of aliphatic imine (C=N–C) groups is 1. The first-order valence-corrected chi connectivity index (χ1v) is 12.7. The van der Waals surface area contributed by atoms with Crippen molar-refractivity contribution in [3.63, 3.8) is 0 Å². The van der Waals surface area contributed by atoms with E-state index in [1.807, 2.05) is 35.2 Å². The topological polar surface area (TPSA) is 45.1 Å². The number of anilines is 1. The number of thioether (sulfide) groups is 2. The van der Waals surface area contributed by atoms with Gasteiger partial charge in [-0.15, -0.1) is 0 Å². The van der Waals surface area contributed by atoms with Crippen molar-refractivity contribution in [3.05, 3.63) is 64.0 Å². The van der Waals surface area contributed by atoms with Crippen molar-refractivity contribution in [2.24, 2.45) is 4.99 Å². The number of unbranched alkanes of at least 4 members (excludes halogenated alkanes) is 1. The number of rotatable bonds is 7. The summed E-state index contributed by atoms with van der Waals surface area (Å²) < 4.78 is 5.43. The molecule has 0 aliphatic carbocycles. The van der Waals surface area contributed by atoms with Crippen molar-refractivity contribution in [3.8, 4) is 5.75 Å². The second-order valence-electron chi connectivity index (χ2n) is 7.72. The van der Waals surface area contributed by atoms with Crippen LogP contribution in [0, 0.1) is 0 Å². The summed E-state index contributed by atoms with van der Waals surface area (Å²) in [6, 6.07) is 16.3. The molecule has 2 heterocycles. The molecule has 2 aromatic rings. The van der Waals surface area contributed by atoms with Gasteiger partial charge in [-0.05, 0) is 49.7 Å². The Balaban J connectivity index is 1.71. The van der Waals surface area contributed by atoms with E-state index in [-0.39, 0.29) is 11.9 Å². The SMILES string of the molecule is CCCCN1C(=O)/C(=C2/Sc3ccc(OC)cc3N2CC)SC1=NC(C)c1ccccc1. The van der Waals surface area contributed by atoms with Crippen LogP contribution in [0.4, 0.5) is 5.69 Å². The highest BCUT2D eigenvalue weighted by Crippen LogP contribution is 2.51. The minimum absolute atomic E-state index is 0.0139. The van der Waals surface area contributed by atoms with Crippen LogP contribution in [-0.4, -0.2) is 36.2 Å². The van der Waals surface area contributed by atoms with Gasteiger partial charge in [0.25, 0.3) is 5.91 Å². The highest BCUT2D eigenvalue weighted by molar-refractivity contribution is 8.19. The predicted molar refractivity (Wildman–Crippen MR) is 135 cm³/mol. The molecule has 1 fully saturated rings. The highest BCUT2D eigenvalue weighted by Gasteiger charge is 2.39. The second kappa shape index (κ2) is 10.0. The number of fused-ring (bicyclic) bond motifs is 1. The van der Waals surface area contributed by atoms with Crippen molar-refractivity contribution in [1.82, 2.24) is 4.90 Å². The molecule has 0 aromatic heterocycles. The maximum Gasteiger partial charge on any atom is 0.269 e. The van der Waals surface area contributed by atoms with E-state index < -0.39 is 0 Å². The molecule has 1 unspecified atom stereocenters. The van der Waals surface area contributed by atoms with Gasteiger partial charge < -0.3 is 9.64 Å².